The molecule has 1 saturated heterocycles. The first kappa shape index (κ1) is 17.9. The number of thioether (sulfide) groups is 1. The zero-order valence-electron chi connectivity index (χ0n) is 15.2. The highest BCUT2D eigenvalue weighted by molar-refractivity contribution is 8.00. The molecule has 1 atom stereocenters. The van der Waals surface area contributed by atoms with Gasteiger partial charge in [0.2, 0.25) is 5.91 Å². The van der Waals surface area contributed by atoms with Crippen LogP contribution < -0.4 is 10.1 Å². The van der Waals surface area contributed by atoms with E-state index >= 15 is 0 Å². The number of nitrogens with zero attached hydrogens (tertiary/aromatic N) is 1. The molecule has 0 aromatic heterocycles. The maximum absolute atomic E-state index is 13.1. The summed E-state index contributed by atoms with van der Waals surface area (Å²) in [6.45, 7) is 0.770. The molecule has 2 heterocycles. The highest BCUT2D eigenvalue weighted by Gasteiger charge is 2.30. The lowest BCUT2D eigenvalue weighted by molar-refractivity contribution is -0.113. The molecular formula is C21H22N2O3S. The van der Waals surface area contributed by atoms with E-state index in [0.717, 1.165) is 42.1 Å². The molecule has 2 aromatic carbocycles. The molecule has 0 bridgehead atoms. The van der Waals surface area contributed by atoms with Crippen molar-refractivity contribution >= 4 is 29.3 Å². The van der Waals surface area contributed by atoms with Gasteiger partial charge >= 0.3 is 0 Å². The lowest BCUT2D eigenvalue weighted by Gasteiger charge is -2.26. The van der Waals surface area contributed by atoms with E-state index in [1.165, 1.54) is 17.3 Å². The van der Waals surface area contributed by atoms with E-state index < -0.39 is 0 Å². The van der Waals surface area contributed by atoms with E-state index in [1.807, 2.05) is 41.3 Å². The van der Waals surface area contributed by atoms with Crippen LogP contribution in [0.2, 0.25) is 0 Å². The lowest BCUT2D eigenvalue weighted by atomic mass is 10.0. The highest BCUT2D eigenvalue weighted by atomic mass is 32.2. The molecule has 5 nitrogen and oxygen atoms in total. The Morgan fingerprint density at radius 2 is 2.19 bits per heavy atom. The molecule has 6 heteroatoms. The van der Waals surface area contributed by atoms with E-state index in [0.29, 0.717) is 11.3 Å². The summed E-state index contributed by atoms with van der Waals surface area (Å²) in [6, 6.07) is 13.8. The minimum atomic E-state index is -0.0193. The summed E-state index contributed by atoms with van der Waals surface area (Å²) in [5, 5.41) is 2.87. The monoisotopic (exact) mass is 382 g/mol. The van der Waals surface area contributed by atoms with E-state index in [9.17, 15) is 9.59 Å². The molecule has 0 spiro atoms. The van der Waals surface area contributed by atoms with Crippen LogP contribution in [-0.2, 0) is 11.2 Å². The van der Waals surface area contributed by atoms with Crippen LogP contribution in [0.5, 0.6) is 5.75 Å². The van der Waals surface area contributed by atoms with Gasteiger partial charge in [-0.1, -0.05) is 12.1 Å². The topological polar surface area (TPSA) is 58.6 Å². The van der Waals surface area contributed by atoms with Crippen molar-refractivity contribution in [3.63, 3.8) is 0 Å². The van der Waals surface area contributed by atoms with Gasteiger partial charge < -0.3 is 15.0 Å². The number of fused-ring (bicyclic) bond motifs is 1. The van der Waals surface area contributed by atoms with E-state index in [4.69, 9.17) is 4.74 Å². The summed E-state index contributed by atoms with van der Waals surface area (Å²) in [7, 11) is 1.66. The smallest absolute Gasteiger partial charge is 0.254 e. The first-order valence-corrected chi connectivity index (χ1v) is 10.1. The third-order valence-electron chi connectivity index (χ3n) is 5.10. The van der Waals surface area contributed by atoms with E-state index in [1.54, 1.807) is 7.11 Å². The standard InChI is InChI=1S/C21H22N2O3S/c1-26-17-6-2-4-14(11-17)10-16-5-3-9-23(16)21(25)15-7-8-19-18(12-15)22-20(24)13-27-19/h2,4,6-8,11-12,16H,3,5,9-10,13H2,1H3,(H,22,24). The lowest BCUT2D eigenvalue weighted by Crippen LogP contribution is -2.37. The summed E-state index contributed by atoms with van der Waals surface area (Å²) in [4.78, 5) is 27.7. The number of ether oxygens (including phenoxy) is 1. The summed E-state index contributed by atoms with van der Waals surface area (Å²) in [6.07, 6.45) is 2.83. The molecule has 0 aliphatic carbocycles. The molecule has 4 rings (SSSR count). The Balaban J connectivity index is 1.52. The number of anilines is 1. The van der Waals surface area contributed by atoms with Gasteiger partial charge in [-0.05, 0) is 55.2 Å². The van der Waals surface area contributed by atoms with E-state index in [2.05, 4.69) is 11.4 Å². The third-order valence-corrected chi connectivity index (χ3v) is 6.18. The molecule has 1 N–H and O–H groups in total. The second-order valence-corrected chi connectivity index (χ2v) is 7.92. The van der Waals surface area contributed by atoms with Crippen molar-refractivity contribution < 1.29 is 14.3 Å². The van der Waals surface area contributed by atoms with Gasteiger partial charge in [0.15, 0.2) is 0 Å². The van der Waals surface area contributed by atoms with Crippen LogP contribution in [0, 0.1) is 0 Å². The number of hydrogen-bond acceptors (Lipinski definition) is 4. The average molecular weight is 382 g/mol. The SMILES string of the molecule is COc1cccc(CC2CCCN2C(=O)c2ccc3c(c2)NC(=O)CS3)c1. The van der Waals surface area contributed by atoms with Gasteiger partial charge in [-0.15, -0.1) is 11.8 Å². The van der Waals surface area contributed by atoms with Gasteiger partial charge in [0, 0.05) is 23.0 Å². The summed E-state index contributed by atoms with van der Waals surface area (Å²) >= 11 is 1.51. The van der Waals surface area contributed by atoms with Crippen molar-refractivity contribution in [1.29, 1.82) is 0 Å². The number of benzene rings is 2. The van der Waals surface area contributed by atoms with Crippen LogP contribution in [0.25, 0.3) is 0 Å². The normalized spacial score (nSPS) is 18.8. The zero-order chi connectivity index (χ0) is 18.8. The van der Waals surface area contributed by atoms with Gasteiger partial charge in [0.05, 0.1) is 18.6 Å². The Morgan fingerprint density at radius 3 is 3.04 bits per heavy atom. The Kier molecular flexibility index (Phi) is 5.07. The summed E-state index contributed by atoms with van der Waals surface area (Å²) in [5.41, 5.74) is 2.55. The molecule has 27 heavy (non-hydrogen) atoms. The zero-order valence-corrected chi connectivity index (χ0v) is 16.1. The number of likely N-dealkylation sites (tertiary alicyclic amines) is 1. The van der Waals surface area contributed by atoms with Gasteiger partial charge in [0.1, 0.15) is 5.75 Å². The van der Waals surface area contributed by atoms with Gasteiger partial charge in [-0.25, -0.2) is 0 Å². The average Bonchev–Trinajstić information content (AvgIpc) is 3.15. The molecule has 2 aromatic rings. The summed E-state index contributed by atoms with van der Waals surface area (Å²) in [5.74, 6) is 1.28. The minimum absolute atomic E-state index is 0.0193. The molecule has 0 saturated carbocycles. The molecule has 0 radical (unpaired) electrons. The van der Waals surface area contributed by atoms with Crippen LogP contribution in [0.15, 0.2) is 47.4 Å². The Bertz CT molecular complexity index is 883. The number of carbonyl (C=O) groups is 2. The molecule has 1 fully saturated rings. The van der Waals surface area contributed by atoms with Crippen LogP contribution in [0.3, 0.4) is 0 Å². The van der Waals surface area contributed by atoms with Crippen molar-refractivity contribution in [3.05, 3.63) is 53.6 Å². The highest BCUT2D eigenvalue weighted by Crippen LogP contribution is 2.33. The van der Waals surface area contributed by atoms with Crippen molar-refractivity contribution in [2.45, 2.75) is 30.2 Å². The first-order chi connectivity index (χ1) is 13.1. The van der Waals surface area contributed by atoms with E-state index in [-0.39, 0.29) is 17.9 Å². The van der Waals surface area contributed by atoms with Crippen LogP contribution in [0.4, 0.5) is 5.69 Å². The second kappa shape index (κ2) is 7.64. The number of amides is 2. The molecule has 140 valence electrons. The van der Waals surface area contributed by atoms with Crippen molar-refractivity contribution in [1.82, 2.24) is 4.90 Å². The largest absolute Gasteiger partial charge is 0.497 e. The Hall–Kier alpha value is -2.47. The Labute approximate surface area is 163 Å². The quantitative estimate of drug-likeness (QED) is 0.878. The van der Waals surface area contributed by atoms with Crippen LogP contribution in [0.1, 0.15) is 28.8 Å². The van der Waals surface area contributed by atoms with Crippen LogP contribution in [-0.4, -0.2) is 42.2 Å². The van der Waals surface area contributed by atoms with Crippen molar-refractivity contribution in [2.24, 2.45) is 0 Å². The van der Waals surface area contributed by atoms with Gasteiger partial charge in [-0.2, -0.15) is 0 Å². The molecule has 2 amide bonds. The maximum atomic E-state index is 13.1. The molecule has 2 aliphatic heterocycles. The third kappa shape index (κ3) is 3.81. The van der Waals surface area contributed by atoms with Crippen molar-refractivity contribution in [3.8, 4) is 5.75 Å². The number of rotatable bonds is 4. The fourth-order valence-electron chi connectivity index (χ4n) is 3.77. The summed E-state index contributed by atoms with van der Waals surface area (Å²) < 4.78 is 5.31. The van der Waals surface area contributed by atoms with Gasteiger partial charge in [0.25, 0.3) is 5.91 Å². The first-order valence-electron chi connectivity index (χ1n) is 9.14. The number of hydrogen-bond donors (Lipinski definition) is 1. The fourth-order valence-corrected chi connectivity index (χ4v) is 4.56. The molecule has 1 unspecified atom stereocenters. The number of methoxy groups -OCH3 is 1. The second-order valence-electron chi connectivity index (χ2n) is 6.90. The maximum Gasteiger partial charge on any atom is 0.254 e. The predicted octanol–water partition coefficient (Wildman–Crippen LogP) is 3.59. The minimum Gasteiger partial charge on any atom is -0.497 e. The van der Waals surface area contributed by atoms with Crippen LogP contribution >= 0.6 is 11.8 Å². The number of carbonyl (C=O) groups excluding carboxylic acids is 2. The predicted molar refractivity (Wildman–Crippen MR) is 107 cm³/mol. The molecular weight excluding hydrogens is 360 g/mol. The van der Waals surface area contributed by atoms with Gasteiger partial charge in [-0.3, -0.25) is 9.59 Å². The molecule has 2 aliphatic rings. The Morgan fingerprint density at radius 1 is 1.30 bits per heavy atom. The fraction of sp³-hybridized carbons (Fsp3) is 0.333. The number of nitrogens with one attached hydrogen (secondary N) is 1. The van der Waals surface area contributed by atoms with Crippen molar-refractivity contribution in [2.75, 3.05) is 24.7 Å².